The third kappa shape index (κ3) is 2.37. The summed E-state index contributed by atoms with van der Waals surface area (Å²) in [4.78, 5) is 30.0. The molecular formula is C18H18N5O2S+. The SMILES string of the molecule is CSc1n[n+]2c(c(=O)[nH]1)-c1ccccc1N(C(C)=O)[C@@H]2c1cccn1C. The lowest BCUT2D eigenvalue weighted by atomic mass is 10.0. The van der Waals surface area contributed by atoms with E-state index in [1.165, 1.54) is 18.7 Å². The molecule has 3 aromatic rings. The van der Waals surface area contributed by atoms with E-state index in [2.05, 4.69) is 10.1 Å². The van der Waals surface area contributed by atoms with Crippen LogP contribution in [0, 0.1) is 0 Å². The van der Waals surface area contributed by atoms with E-state index < -0.39 is 6.17 Å². The van der Waals surface area contributed by atoms with Crippen molar-refractivity contribution in [3.05, 3.63) is 58.6 Å². The van der Waals surface area contributed by atoms with E-state index in [1.807, 2.05) is 60.5 Å². The van der Waals surface area contributed by atoms with Crippen molar-refractivity contribution in [1.29, 1.82) is 0 Å². The molecule has 7 nitrogen and oxygen atoms in total. The molecule has 0 fully saturated rings. The Morgan fingerprint density at radius 1 is 1.27 bits per heavy atom. The summed E-state index contributed by atoms with van der Waals surface area (Å²) in [7, 11) is 1.91. The maximum Gasteiger partial charge on any atom is 0.325 e. The van der Waals surface area contributed by atoms with Crippen molar-refractivity contribution in [1.82, 2.24) is 14.6 Å². The van der Waals surface area contributed by atoms with Crippen molar-refractivity contribution in [3.63, 3.8) is 0 Å². The van der Waals surface area contributed by atoms with E-state index in [9.17, 15) is 9.59 Å². The summed E-state index contributed by atoms with van der Waals surface area (Å²) in [6, 6.07) is 11.3. The molecule has 4 rings (SSSR count). The van der Waals surface area contributed by atoms with Gasteiger partial charge in [-0.25, -0.2) is 4.90 Å². The Hall–Kier alpha value is -2.87. The quantitative estimate of drug-likeness (QED) is 0.552. The summed E-state index contributed by atoms with van der Waals surface area (Å²) in [5, 5.41) is 5.12. The molecule has 8 heteroatoms. The van der Waals surface area contributed by atoms with Gasteiger partial charge in [-0.3, -0.25) is 14.6 Å². The first-order valence-corrected chi connectivity index (χ1v) is 9.36. The van der Waals surface area contributed by atoms with E-state index in [4.69, 9.17) is 0 Å². The topological polar surface area (TPSA) is 74.9 Å². The Labute approximate surface area is 154 Å². The summed E-state index contributed by atoms with van der Waals surface area (Å²) in [5.41, 5.74) is 2.48. The molecule has 0 saturated heterocycles. The zero-order valence-electron chi connectivity index (χ0n) is 14.6. The number of anilines is 1. The Morgan fingerprint density at radius 2 is 2.04 bits per heavy atom. The van der Waals surface area contributed by atoms with Crippen LogP contribution in [0.1, 0.15) is 18.8 Å². The van der Waals surface area contributed by atoms with Crippen molar-refractivity contribution >= 4 is 23.4 Å². The van der Waals surface area contributed by atoms with Crippen LogP contribution in [0.25, 0.3) is 11.3 Å². The van der Waals surface area contributed by atoms with Crippen molar-refractivity contribution in [3.8, 4) is 11.3 Å². The number of nitrogens with one attached hydrogen (secondary N) is 1. The van der Waals surface area contributed by atoms with Crippen molar-refractivity contribution in [2.45, 2.75) is 18.2 Å². The number of aromatic amines is 1. The highest BCUT2D eigenvalue weighted by Crippen LogP contribution is 2.37. The fraction of sp³-hybridized carbons (Fsp3) is 0.222. The summed E-state index contributed by atoms with van der Waals surface area (Å²) in [6.07, 6.45) is 3.23. The number of rotatable bonds is 2. The van der Waals surface area contributed by atoms with E-state index in [-0.39, 0.29) is 11.5 Å². The lowest BCUT2D eigenvalue weighted by Crippen LogP contribution is -2.61. The molecule has 1 N–H and O–H groups in total. The van der Waals surface area contributed by atoms with Crippen LogP contribution in [-0.2, 0) is 11.8 Å². The number of carbonyl (C=O) groups excluding carboxylic acids is 1. The summed E-state index contributed by atoms with van der Waals surface area (Å²) in [6.45, 7) is 1.53. The second-order valence-electron chi connectivity index (χ2n) is 6.08. The van der Waals surface area contributed by atoms with Gasteiger partial charge in [-0.15, -0.1) is 0 Å². The molecule has 1 amide bonds. The monoisotopic (exact) mass is 368 g/mol. The molecular weight excluding hydrogens is 350 g/mol. The number of fused-ring (bicyclic) bond motifs is 3. The van der Waals surface area contributed by atoms with Gasteiger partial charge in [-0.1, -0.05) is 23.9 Å². The van der Waals surface area contributed by atoms with Gasteiger partial charge < -0.3 is 4.57 Å². The zero-order chi connectivity index (χ0) is 18.4. The first-order valence-electron chi connectivity index (χ1n) is 8.13. The van der Waals surface area contributed by atoms with Crippen LogP contribution in [-0.4, -0.2) is 26.8 Å². The van der Waals surface area contributed by atoms with Crippen LogP contribution in [0.2, 0.25) is 0 Å². The zero-order valence-corrected chi connectivity index (χ0v) is 15.4. The summed E-state index contributed by atoms with van der Waals surface area (Å²) < 4.78 is 3.59. The first kappa shape index (κ1) is 16.6. The van der Waals surface area contributed by atoms with Gasteiger partial charge in [0.25, 0.3) is 0 Å². The lowest BCUT2D eigenvalue weighted by molar-refractivity contribution is -0.763. The number of carbonyl (C=O) groups is 1. The second kappa shape index (κ2) is 6.14. The number of hydrogen-bond acceptors (Lipinski definition) is 4. The fourth-order valence-electron chi connectivity index (χ4n) is 3.41. The molecule has 0 radical (unpaired) electrons. The third-order valence-electron chi connectivity index (χ3n) is 4.54. The van der Waals surface area contributed by atoms with E-state index in [0.717, 1.165) is 5.69 Å². The maximum absolute atomic E-state index is 12.8. The highest BCUT2D eigenvalue weighted by Gasteiger charge is 2.45. The van der Waals surface area contributed by atoms with E-state index in [1.54, 1.807) is 9.58 Å². The first-order chi connectivity index (χ1) is 12.5. The van der Waals surface area contributed by atoms with Crippen molar-refractivity contribution < 1.29 is 9.48 Å². The smallest absolute Gasteiger partial charge is 0.325 e. The Morgan fingerprint density at radius 3 is 2.69 bits per heavy atom. The highest BCUT2D eigenvalue weighted by atomic mass is 32.2. The van der Waals surface area contributed by atoms with Crippen molar-refractivity contribution in [2.75, 3.05) is 11.2 Å². The van der Waals surface area contributed by atoms with Crippen molar-refractivity contribution in [2.24, 2.45) is 7.05 Å². The summed E-state index contributed by atoms with van der Waals surface area (Å²) in [5.74, 6) is -0.116. The molecule has 1 atom stereocenters. The largest absolute Gasteiger partial charge is 0.347 e. The van der Waals surface area contributed by atoms with Crippen LogP contribution in [0.3, 0.4) is 0 Å². The second-order valence-corrected chi connectivity index (χ2v) is 6.88. The molecule has 1 aliphatic rings. The Bertz CT molecular complexity index is 1070. The molecule has 0 unspecified atom stereocenters. The molecule has 1 aliphatic heterocycles. The number of aryl methyl sites for hydroxylation is 1. The number of hydrogen-bond donors (Lipinski definition) is 1. The van der Waals surface area contributed by atoms with Crippen LogP contribution in [0.15, 0.2) is 52.5 Å². The van der Waals surface area contributed by atoms with Gasteiger partial charge in [0.15, 0.2) is 0 Å². The molecule has 132 valence electrons. The average molecular weight is 368 g/mol. The van der Waals surface area contributed by atoms with Gasteiger partial charge >= 0.3 is 17.4 Å². The van der Waals surface area contributed by atoms with E-state index in [0.29, 0.717) is 22.1 Å². The number of amides is 1. The van der Waals surface area contributed by atoms with Crippen LogP contribution < -0.4 is 15.1 Å². The van der Waals surface area contributed by atoms with Gasteiger partial charge in [-0.2, -0.15) is 0 Å². The molecule has 0 aliphatic carbocycles. The normalized spacial score (nSPS) is 15.5. The maximum atomic E-state index is 12.8. The lowest BCUT2D eigenvalue weighted by Gasteiger charge is -2.31. The molecule has 2 aromatic heterocycles. The average Bonchev–Trinajstić information content (AvgIpc) is 3.05. The minimum atomic E-state index is -0.536. The van der Waals surface area contributed by atoms with Crippen LogP contribution >= 0.6 is 11.8 Å². The van der Waals surface area contributed by atoms with E-state index >= 15 is 0 Å². The summed E-state index contributed by atoms with van der Waals surface area (Å²) >= 11 is 1.35. The van der Waals surface area contributed by atoms with Gasteiger partial charge in [-0.05, 0) is 35.2 Å². The number of aromatic nitrogens is 4. The Balaban J connectivity index is 2.12. The minimum Gasteiger partial charge on any atom is -0.347 e. The number of nitrogens with zero attached hydrogens (tertiary/aromatic N) is 4. The standard InChI is InChI=1S/C18H17N5O2S/c1-11(24)22-13-8-5-4-7-12(13)15-16(25)19-18(26-3)20-23(15)17(22)14-9-6-10-21(14)2/h4-10,17H,1-3H3/p+1/t17-/m0/s1. The number of thioether (sulfide) groups is 1. The Kier molecular flexibility index (Phi) is 3.91. The number of benzene rings is 1. The fourth-order valence-corrected chi connectivity index (χ4v) is 3.78. The highest BCUT2D eigenvalue weighted by molar-refractivity contribution is 7.98. The van der Waals surface area contributed by atoms with Gasteiger partial charge in [0.05, 0.1) is 11.3 Å². The number of para-hydroxylation sites is 1. The molecule has 0 spiro atoms. The predicted molar refractivity (Wildman–Crippen MR) is 99.0 cm³/mol. The van der Waals surface area contributed by atoms with Gasteiger partial charge in [0.2, 0.25) is 11.1 Å². The third-order valence-corrected chi connectivity index (χ3v) is 5.11. The minimum absolute atomic E-state index is 0.116. The van der Waals surface area contributed by atoms with Crippen LogP contribution in [0.4, 0.5) is 5.69 Å². The molecule has 26 heavy (non-hydrogen) atoms. The molecule has 0 bridgehead atoms. The molecule has 3 heterocycles. The molecule has 0 saturated carbocycles. The predicted octanol–water partition coefficient (Wildman–Crippen LogP) is 1.70. The molecule has 1 aromatic carbocycles. The van der Waals surface area contributed by atoms with Gasteiger partial charge in [0.1, 0.15) is 5.69 Å². The van der Waals surface area contributed by atoms with Crippen LogP contribution in [0.5, 0.6) is 0 Å². The number of H-pyrrole nitrogens is 1. The van der Waals surface area contributed by atoms with Gasteiger partial charge in [0, 0.05) is 25.3 Å².